The zero-order chi connectivity index (χ0) is 19.1. The second-order valence-electron chi connectivity index (χ2n) is 6.07. The van der Waals surface area contributed by atoms with Crippen LogP contribution in [-0.4, -0.2) is 10.6 Å². The van der Waals surface area contributed by atoms with Crippen LogP contribution < -0.4 is 0 Å². The molecule has 0 bridgehead atoms. The van der Waals surface area contributed by atoms with Gasteiger partial charge in [-0.15, -0.1) is 6.58 Å². The van der Waals surface area contributed by atoms with E-state index in [1.165, 1.54) is 6.07 Å². The minimum absolute atomic E-state index is 0.0774. The maximum Gasteiger partial charge on any atom is 0.274 e. The standard InChI is InChI=1S/C23H20N2O2/c1-2-11-21(20-16-9-10-17-22(20)25(26)27)24-23(18-12-5-3-6-13-18)19-14-7-4-8-15-19/h2-10,12-17,21H,1,11H2/t21-/m0/s1. The zero-order valence-corrected chi connectivity index (χ0v) is 14.9. The van der Waals surface area contributed by atoms with E-state index >= 15 is 0 Å². The topological polar surface area (TPSA) is 55.5 Å². The molecule has 27 heavy (non-hydrogen) atoms. The Bertz CT molecular complexity index is 909. The molecular weight excluding hydrogens is 336 g/mol. The molecule has 0 spiro atoms. The number of benzene rings is 3. The first-order valence-electron chi connectivity index (χ1n) is 8.73. The maximum absolute atomic E-state index is 11.5. The van der Waals surface area contributed by atoms with Gasteiger partial charge in [0.1, 0.15) is 0 Å². The van der Waals surface area contributed by atoms with Crippen LogP contribution in [0.2, 0.25) is 0 Å². The van der Waals surface area contributed by atoms with Crippen LogP contribution in [-0.2, 0) is 0 Å². The Hall–Kier alpha value is -3.53. The summed E-state index contributed by atoms with van der Waals surface area (Å²) in [7, 11) is 0. The number of hydrogen-bond acceptors (Lipinski definition) is 3. The first-order valence-corrected chi connectivity index (χ1v) is 8.73. The third-order valence-corrected chi connectivity index (χ3v) is 4.26. The van der Waals surface area contributed by atoms with Crippen LogP contribution in [0.5, 0.6) is 0 Å². The molecule has 3 aromatic carbocycles. The van der Waals surface area contributed by atoms with E-state index in [-0.39, 0.29) is 16.7 Å². The van der Waals surface area contributed by atoms with Gasteiger partial charge in [-0.05, 0) is 12.5 Å². The van der Waals surface area contributed by atoms with Crippen molar-refractivity contribution in [2.45, 2.75) is 12.5 Å². The summed E-state index contributed by atoms with van der Waals surface area (Å²) in [6.07, 6.45) is 2.26. The van der Waals surface area contributed by atoms with E-state index in [2.05, 4.69) is 6.58 Å². The highest BCUT2D eigenvalue weighted by atomic mass is 16.6. The van der Waals surface area contributed by atoms with Gasteiger partial charge in [0.25, 0.3) is 5.69 Å². The van der Waals surface area contributed by atoms with E-state index in [1.54, 1.807) is 24.3 Å². The monoisotopic (exact) mass is 356 g/mol. The fourth-order valence-corrected chi connectivity index (χ4v) is 3.01. The highest BCUT2D eigenvalue weighted by Crippen LogP contribution is 2.31. The first kappa shape index (κ1) is 18.3. The molecule has 0 amide bonds. The number of nitrogens with zero attached hydrogens (tertiary/aromatic N) is 2. The largest absolute Gasteiger partial charge is 0.275 e. The zero-order valence-electron chi connectivity index (χ0n) is 14.9. The Labute approximate surface area is 158 Å². The number of nitro groups is 1. The summed E-state index contributed by atoms with van der Waals surface area (Å²) >= 11 is 0. The fourth-order valence-electron chi connectivity index (χ4n) is 3.01. The molecule has 134 valence electrons. The van der Waals surface area contributed by atoms with Crippen molar-refractivity contribution >= 4 is 11.4 Å². The van der Waals surface area contributed by atoms with Gasteiger partial charge in [0, 0.05) is 17.2 Å². The maximum atomic E-state index is 11.5. The molecule has 3 aromatic rings. The van der Waals surface area contributed by atoms with Crippen molar-refractivity contribution < 1.29 is 4.92 Å². The van der Waals surface area contributed by atoms with Crippen molar-refractivity contribution in [1.29, 1.82) is 0 Å². The van der Waals surface area contributed by atoms with E-state index < -0.39 is 0 Å². The van der Waals surface area contributed by atoms with Crippen molar-refractivity contribution in [3.05, 3.63) is 124 Å². The molecule has 0 radical (unpaired) electrons. The van der Waals surface area contributed by atoms with Crippen molar-refractivity contribution in [1.82, 2.24) is 0 Å². The second-order valence-corrected chi connectivity index (χ2v) is 6.07. The van der Waals surface area contributed by atoms with E-state index in [1.807, 2.05) is 60.7 Å². The van der Waals surface area contributed by atoms with E-state index in [4.69, 9.17) is 4.99 Å². The molecular formula is C23H20N2O2. The lowest BCUT2D eigenvalue weighted by Crippen LogP contribution is -2.08. The molecule has 1 atom stereocenters. The van der Waals surface area contributed by atoms with Crippen LogP contribution in [0.25, 0.3) is 0 Å². The molecule has 0 saturated carbocycles. The summed E-state index contributed by atoms with van der Waals surface area (Å²) in [5.41, 5.74) is 3.41. The molecule has 4 nitrogen and oxygen atoms in total. The van der Waals surface area contributed by atoms with Crippen LogP contribution in [0.4, 0.5) is 5.69 Å². The highest BCUT2D eigenvalue weighted by Gasteiger charge is 2.21. The molecule has 4 heteroatoms. The number of para-hydroxylation sites is 1. The van der Waals surface area contributed by atoms with Gasteiger partial charge < -0.3 is 0 Å². The van der Waals surface area contributed by atoms with Gasteiger partial charge in [0.15, 0.2) is 0 Å². The van der Waals surface area contributed by atoms with Gasteiger partial charge >= 0.3 is 0 Å². The third kappa shape index (κ3) is 4.36. The Morgan fingerprint density at radius 1 is 0.926 bits per heavy atom. The van der Waals surface area contributed by atoms with E-state index in [0.717, 1.165) is 16.8 Å². The van der Waals surface area contributed by atoms with Gasteiger partial charge in [-0.25, -0.2) is 0 Å². The number of hydrogen-bond donors (Lipinski definition) is 0. The van der Waals surface area contributed by atoms with Crippen molar-refractivity contribution in [3.8, 4) is 0 Å². The van der Waals surface area contributed by atoms with Crippen molar-refractivity contribution in [2.24, 2.45) is 4.99 Å². The summed E-state index contributed by atoms with van der Waals surface area (Å²) in [6.45, 7) is 3.81. The van der Waals surface area contributed by atoms with Gasteiger partial charge in [-0.2, -0.15) is 0 Å². The van der Waals surface area contributed by atoms with Crippen LogP contribution in [0.1, 0.15) is 29.2 Å². The molecule has 0 saturated heterocycles. The number of rotatable bonds is 7. The summed E-state index contributed by atoms with van der Waals surface area (Å²) in [5.74, 6) is 0. The third-order valence-electron chi connectivity index (χ3n) is 4.26. The summed E-state index contributed by atoms with van der Waals surface area (Å²) < 4.78 is 0. The number of nitro benzene ring substituents is 1. The first-order chi connectivity index (χ1) is 13.2. The molecule has 0 heterocycles. The smallest absolute Gasteiger partial charge is 0.274 e. The molecule has 0 aliphatic rings. The highest BCUT2D eigenvalue weighted by molar-refractivity contribution is 6.13. The van der Waals surface area contributed by atoms with Gasteiger partial charge in [-0.3, -0.25) is 15.1 Å². The summed E-state index contributed by atoms with van der Waals surface area (Å²) in [4.78, 5) is 16.1. The quantitative estimate of drug-likeness (QED) is 0.234. The lowest BCUT2D eigenvalue weighted by molar-refractivity contribution is -0.385. The Morgan fingerprint density at radius 3 is 1.96 bits per heavy atom. The van der Waals surface area contributed by atoms with Crippen LogP contribution >= 0.6 is 0 Å². The molecule has 0 N–H and O–H groups in total. The van der Waals surface area contributed by atoms with Gasteiger partial charge in [0.05, 0.1) is 22.2 Å². The van der Waals surface area contributed by atoms with E-state index in [0.29, 0.717) is 12.0 Å². The lowest BCUT2D eigenvalue weighted by Gasteiger charge is -2.15. The minimum atomic E-state index is -0.389. The Balaban J connectivity index is 2.16. The van der Waals surface area contributed by atoms with Gasteiger partial charge in [-0.1, -0.05) is 78.9 Å². The minimum Gasteiger partial charge on any atom is -0.275 e. The molecule has 3 rings (SSSR count). The SMILES string of the molecule is C=CC[C@H](N=C(c1ccccc1)c1ccccc1)c1ccccc1[N+](=O)[O-]. The molecule has 0 aromatic heterocycles. The molecule has 0 aliphatic carbocycles. The molecule has 0 fully saturated rings. The predicted molar refractivity (Wildman–Crippen MR) is 109 cm³/mol. The van der Waals surface area contributed by atoms with Gasteiger partial charge in [0.2, 0.25) is 0 Å². The predicted octanol–water partition coefficient (Wildman–Crippen LogP) is 5.75. The summed E-state index contributed by atoms with van der Waals surface area (Å²) in [5, 5.41) is 11.5. The number of aliphatic imine (C=N–C) groups is 1. The molecule has 0 unspecified atom stereocenters. The Kier molecular flexibility index (Phi) is 5.90. The lowest BCUT2D eigenvalue weighted by atomic mass is 9.98. The van der Waals surface area contributed by atoms with Crippen LogP contribution in [0.3, 0.4) is 0 Å². The average molecular weight is 356 g/mol. The average Bonchev–Trinajstić information content (AvgIpc) is 2.72. The normalized spacial score (nSPS) is 11.4. The fraction of sp³-hybridized carbons (Fsp3) is 0.0870. The van der Waals surface area contributed by atoms with E-state index in [9.17, 15) is 10.1 Å². The van der Waals surface area contributed by atoms with Crippen molar-refractivity contribution in [3.63, 3.8) is 0 Å². The second kappa shape index (κ2) is 8.72. The van der Waals surface area contributed by atoms with Crippen molar-refractivity contribution in [2.75, 3.05) is 0 Å². The summed E-state index contributed by atoms with van der Waals surface area (Å²) in [6, 6.07) is 26.1. The van der Waals surface area contributed by atoms with Crippen LogP contribution in [0, 0.1) is 10.1 Å². The Morgan fingerprint density at radius 2 is 1.44 bits per heavy atom. The van der Waals surface area contributed by atoms with Crippen LogP contribution in [0.15, 0.2) is 103 Å². The molecule has 0 aliphatic heterocycles.